The summed E-state index contributed by atoms with van der Waals surface area (Å²) in [6.07, 6.45) is 0.869. The number of epoxide rings is 2. The Morgan fingerprint density at radius 3 is 1.31 bits per heavy atom. The van der Waals surface area contributed by atoms with Gasteiger partial charge >= 0.3 is 0 Å². The van der Waals surface area contributed by atoms with Crippen molar-refractivity contribution in [3.8, 4) is 11.5 Å². The van der Waals surface area contributed by atoms with Crippen LogP contribution in [-0.4, -0.2) is 64.4 Å². The molecule has 4 unspecified atom stereocenters. The first-order valence-electron chi connectivity index (χ1n) is 17.3. The van der Waals surface area contributed by atoms with E-state index in [2.05, 4.69) is 38.1 Å². The summed E-state index contributed by atoms with van der Waals surface area (Å²) in [7, 11) is 0. The number of hydrogen-bond donors (Lipinski definition) is 0. The van der Waals surface area contributed by atoms with Gasteiger partial charge in [-0.3, -0.25) is 0 Å². The minimum absolute atomic E-state index is 0.180. The van der Waals surface area contributed by atoms with Crippen LogP contribution in [0.4, 0.5) is 0 Å². The Bertz CT molecular complexity index is 1390. The summed E-state index contributed by atoms with van der Waals surface area (Å²) < 4.78 is 46.8. The topological polar surface area (TPSA) is 80.4 Å². The lowest BCUT2D eigenvalue weighted by atomic mass is 9.78. The van der Waals surface area contributed by atoms with Gasteiger partial charge in [0.25, 0.3) is 0 Å². The van der Waals surface area contributed by atoms with Crippen LogP contribution in [-0.2, 0) is 47.0 Å². The molecule has 4 atom stereocenters. The van der Waals surface area contributed by atoms with Crippen LogP contribution in [0.15, 0.2) is 109 Å². The Hall–Kier alpha value is -3.76. The van der Waals surface area contributed by atoms with Gasteiger partial charge in [0.05, 0.1) is 52.9 Å². The molecule has 0 aromatic heterocycles. The van der Waals surface area contributed by atoms with Crippen LogP contribution in [0.5, 0.6) is 11.5 Å². The highest BCUT2D eigenvalue weighted by atomic mass is 16.7. The maximum atomic E-state index is 6.09. The predicted octanol–water partition coefficient (Wildman–Crippen LogP) is 7.47. The largest absolute Gasteiger partial charge is 0.493 e. The van der Waals surface area contributed by atoms with E-state index in [-0.39, 0.29) is 30.2 Å². The fourth-order valence-electron chi connectivity index (χ4n) is 5.36. The molecule has 0 amide bonds. The van der Waals surface area contributed by atoms with Gasteiger partial charge in [0.15, 0.2) is 12.6 Å². The van der Waals surface area contributed by atoms with Gasteiger partial charge in [0, 0.05) is 18.3 Å². The predicted molar refractivity (Wildman–Crippen MR) is 187 cm³/mol. The molecule has 4 aromatic rings. The monoisotopic (exact) mass is 668 g/mol. The summed E-state index contributed by atoms with van der Waals surface area (Å²) in [6.45, 7) is 8.97. The Balaban J connectivity index is 0.950. The average Bonchev–Trinajstić information content (AvgIpc) is 4.08. The molecule has 0 bridgehead atoms. The lowest BCUT2D eigenvalue weighted by Gasteiger charge is -2.26. The van der Waals surface area contributed by atoms with Gasteiger partial charge in [0.1, 0.15) is 23.7 Å². The Kier molecular flexibility index (Phi) is 12.7. The van der Waals surface area contributed by atoms with Gasteiger partial charge in [-0.15, -0.1) is 0 Å². The zero-order chi connectivity index (χ0) is 33.7. The van der Waals surface area contributed by atoms with Crippen molar-refractivity contribution >= 4 is 0 Å². The van der Waals surface area contributed by atoms with Crippen molar-refractivity contribution in [1.82, 2.24) is 0 Å². The van der Waals surface area contributed by atoms with Crippen LogP contribution in [0.2, 0.25) is 0 Å². The van der Waals surface area contributed by atoms with Crippen LogP contribution >= 0.6 is 0 Å². The van der Waals surface area contributed by atoms with Crippen LogP contribution in [0.1, 0.15) is 48.9 Å². The van der Waals surface area contributed by atoms with E-state index in [4.69, 9.17) is 37.9 Å². The van der Waals surface area contributed by atoms with Gasteiger partial charge in [-0.05, 0) is 46.5 Å². The first-order valence-corrected chi connectivity index (χ1v) is 17.3. The molecular formula is C41H48O8. The molecular weight excluding hydrogens is 620 g/mol. The molecule has 8 heteroatoms. The standard InChI is InChI=1S/C41H48O8/c1-41(2,33-13-17-35(18-14-33)42-23-21-39(48-29-37-27-44-37)46-25-31-9-5-3-6-10-31)34-15-19-36(20-16-34)43-24-22-40(49-30-38-28-45-38)47-26-32-11-7-4-8-12-32/h3-20,37-40H,21-30H2,1-2H3. The molecule has 0 radical (unpaired) electrons. The Morgan fingerprint density at radius 1 is 0.551 bits per heavy atom. The maximum Gasteiger partial charge on any atom is 0.161 e. The van der Waals surface area contributed by atoms with E-state index in [0.717, 1.165) is 35.8 Å². The quantitative estimate of drug-likeness (QED) is 0.0631. The maximum absolute atomic E-state index is 6.09. The fraction of sp³-hybridized carbons (Fsp3) is 0.415. The van der Waals surface area contributed by atoms with E-state index in [1.54, 1.807) is 0 Å². The van der Waals surface area contributed by atoms with E-state index in [0.29, 0.717) is 52.5 Å². The van der Waals surface area contributed by atoms with Crippen molar-refractivity contribution < 1.29 is 37.9 Å². The molecule has 2 fully saturated rings. The summed E-state index contributed by atoms with van der Waals surface area (Å²) in [5.41, 5.74) is 4.40. The van der Waals surface area contributed by atoms with Crippen molar-refractivity contribution in [3.05, 3.63) is 131 Å². The van der Waals surface area contributed by atoms with Crippen molar-refractivity contribution in [3.63, 3.8) is 0 Å². The minimum Gasteiger partial charge on any atom is -0.493 e. The number of benzene rings is 4. The molecule has 0 spiro atoms. The molecule has 4 aromatic carbocycles. The molecule has 0 aliphatic carbocycles. The van der Waals surface area contributed by atoms with Crippen LogP contribution in [0.25, 0.3) is 0 Å². The summed E-state index contributed by atoms with van der Waals surface area (Å²) in [5.74, 6) is 1.63. The Morgan fingerprint density at radius 2 is 0.939 bits per heavy atom. The molecule has 2 heterocycles. The van der Waals surface area contributed by atoms with Gasteiger partial charge in [-0.25, -0.2) is 0 Å². The second-order valence-electron chi connectivity index (χ2n) is 13.0. The Labute approximate surface area is 290 Å². The lowest BCUT2D eigenvalue weighted by Crippen LogP contribution is -2.22. The first-order chi connectivity index (χ1) is 24.0. The lowest BCUT2D eigenvalue weighted by molar-refractivity contribution is -0.158. The highest BCUT2D eigenvalue weighted by Gasteiger charge is 2.26. The third-order valence-corrected chi connectivity index (χ3v) is 8.69. The summed E-state index contributed by atoms with van der Waals surface area (Å²) >= 11 is 0. The zero-order valence-electron chi connectivity index (χ0n) is 28.5. The van der Waals surface area contributed by atoms with E-state index in [9.17, 15) is 0 Å². The van der Waals surface area contributed by atoms with Crippen molar-refractivity contribution in [2.24, 2.45) is 0 Å². The smallest absolute Gasteiger partial charge is 0.161 e. The van der Waals surface area contributed by atoms with Gasteiger partial charge in [0.2, 0.25) is 0 Å². The zero-order valence-corrected chi connectivity index (χ0v) is 28.5. The number of ether oxygens (including phenoxy) is 8. The molecule has 2 saturated heterocycles. The second-order valence-corrected chi connectivity index (χ2v) is 13.0. The first kappa shape index (κ1) is 35.1. The van der Waals surface area contributed by atoms with Crippen molar-refractivity contribution in [2.75, 3.05) is 39.6 Å². The molecule has 260 valence electrons. The minimum atomic E-state index is -0.361. The molecule has 2 aliphatic heterocycles. The summed E-state index contributed by atoms with van der Waals surface area (Å²) in [4.78, 5) is 0. The summed E-state index contributed by atoms with van der Waals surface area (Å²) in [5, 5.41) is 0. The van der Waals surface area contributed by atoms with Crippen LogP contribution in [0.3, 0.4) is 0 Å². The van der Waals surface area contributed by atoms with Gasteiger partial charge in [-0.1, -0.05) is 98.8 Å². The van der Waals surface area contributed by atoms with E-state index in [1.165, 1.54) is 11.1 Å². The number of hydrogen-bond acceptors (Lipinski definition) is 8. The SMILES string of the molecule is CC(C)(c1ccc(OCCC(OCc2ccccc2)OCC2CO2)cc1)c1ccc(OCCC(OCc2ccccc2)OCC2CO2)cc1. The molecule has 0 N–H and O–H groups in total. The second kappa shape index (κ2) is 17.8. The van der Waals surface area contributed by atoms with E-state index < -0.39 is 0 Å². The van der Waals surface area contributed by atoms with Crippen molar-refractivity contribution in [2.45, 2.75) is 70.1 Å². The normalized spacial score (nSPS) is 18.1. The van der Waals surface area contributed by atoms with Crippen molar-refractivity contribution in [1.29, 1.82) is 0 Å². The fourth-order valence-corrected chi connectivity index (χ4v) is 5.36. The molecule has 49 heavy (non-hydrogen) atoms. The van der Waals surface area contributed by atoms with Crippen LogP contribution in [0, 0.1) is 0 Å². The molecule has 8 nitrogen and oxygen atoms in total. The van der Waals surface area contributed by atoms with Gasteiger partial charge in [-0.2, -0.15) is 0 Å². The van der Waals surface area contributed by atoms with E-state index >= 15 is 0 Å². The third kappa shape index (κ3) is 11.7. The van der Waals surface area contributed by atoms with Gasteiger partial charge < -0.3 is 37.9 Å². The number of rotatable bonds is 22. The molecule has 0 saturated carbocycles. The van der Waals surface area contributed by atoms with E-state index in [1.807, 2.05) is 84.9 Å². The highest BCUT2D eigenvalue weighted by molar-refractivity contribution is 5.41. The molecule has 2 aliphatic rings. The highest BCUT2D eigenvalue weighted by Crippen LogP contribution is 2.33. The molecule has 6 rings (SSSR count). The van der Waals surface area contributed by atoms with Crippen LogP contribution < -0.4 is 9.47 Å². The third-order valence-electron chi connectivity index (χ3n) is 8.69. The average molecular weight is 669 g/mol. The summed E-state index contributed by atoms with van der Waals surface area (Å²) in [6, 6.07) is 36.9.